The van der Waals surface area contributed by atoms with Gasteiger partial charge in [-0.15, -0.1) is 0 Å². The third-order valence-electron chi connectivity index (χ3n) is 3.16. The highest BCUT2D eigenvalue weighted by Gasteiger charge is 2.16. The Morgan fingerprint density at radius 2 is 2.06 bits per heavy atom. The highest BCUT2D eigenvalue weighted by atomic mass is 19.1. The van der Waals surface area contributed by atoms with Crippen LogP contribution >= 0.6 is 0 Å². The summed E-state index contributed by atoms with van der Waals surface area (Å²) in [5.41, 5.74) is 2.03. The second-order valence-electron chi connectivity index (χ2n) is 4.41. The lowest BCUT2D eigenvalue weighted by atomic mass is 9.97. The van der Waals surface area contributed by atoms with E-state index < -0.39 is 5.82 Å². The molecule has 3 rings (SSSR count). The lowest BCUT2D eigenvalue weighted by Gasteiger charge is -2.14. The molecule has 2 aromatic rings. The van der Waals surface area contributed by atoms with E-state index in [1.165, 1.54) is 12.1 Å². The molecule has 0 radical (unpaired) electrons. The maximum atomic E-state index is 12.8. The molecule has 0 saturated carbocycles. The van der Waals surface area contributed by atoms with Crippen LogP contribution in [0.1, 0.15) is 24.1 Å². The SMILES string of the molecule is O=c1[nH]c(-c2ccc(F)cn2)nc2c1CCCC2. The fourth-order valence-corrected chi connectivity index (χ4v) is 2.24. The van der Waals surface area contributed by atoms with Gasteiger partial charge in [-0.1, -0.05) is 0 Å². The zero-order chi connectivity index (χ0) is 12.5. The van der Waals surface area contributed by atoms with Crippen LogP contribution in [0.2, 0.25) is 0 Å². The number of hydrogen-bond acceptors (Lipinski definition) is 3. The fraction of sp³-hybridized carbons (Fsp3) is 0.308. The molecule has 18 heavy (non-hydrogen) atoms. The van der Waals surface area contributed by atoms with E-state index in [1.807, 2.05) is 0 Å². The van der Waals surface area contributed by atoms with Crippen LogP contribution in [0.4, 0.5) is 4.39 Å². The summed E-state index contributed by atoms with van der Waals surface area (Å²) < 4.78 is 12.8. The molecule has 4 nitrogen and oxygen atoms in total. The summed E-state index contributed by atoms with van der Waals surface area (Å²) in [5.74, 6) is 0.0136. The van der Waals surface area contributed by atoms with E-state index in [2.05, 4.69) is 15.0 Å². The van der Waals surface area contributed by atoms with Crippen LogP contribution in [-0.4, -0.2) is 15.0 Å². The van der Waals surface area contributed by atoms with Crippen molar-refractivity contribution in [3.05, 3.63) is 45.8 Å². The van der Waals surface area contributed by atoms with Gasteiger partial charge in [-0.2, -0.15) is 0 Å². The van der Waals surface area contributed by atoms with Gasteiger partial charge in [-0.25, -0.2) is 14.4 Å². The molecule has 0 unspecified atom stereocenters. The predicted molar refractivity (Wildman–Crippen MR) is 64.7 cm³/mol. The second-order valence-corrected chi connectivity index (χ2v) is 4.41. The van der Waals surface area contributed by atoms with E-state index in [9.17, 15) is 9.18 Å². The minimum atomic E-state index is -0.404. The Kier molecular flexibility index (Phi) is 2.66. The lowest BCUT2D eigenvalue weighted by molar-refractivity contribution is 0.621. The van der Waals surface area contributed by atoms with Crippen LogP contribution in [0.15, 0.2) is 23.1 Å². The summed E-state index contributed by atoms with van der Waals surface area (Å²) in [7, 11) is 0. The van der Waals surface area contributed by atoms with Crippen molar-refractivity contribution < 1.29 is 4.39 Å². The summed E-state index contributed by atoms with van der Waals surface area (Å²) in [6.45, 7) is 0. The van der Waals surface area contributed by atoms with Crippen molar-refractivity contribution in [3.63, 3.8) is 0 Å². The average Bonchev–Trinajstić information content (AvgIpc) is 2.39. The predicted octanol–water partition coefficient (Wildman–Crippen LogP) is 1.85. The van der Waals surface area contributed by atoms with Gasteiger partial charge in [0.25, 0.3) is 5.56 Å². The number of nitrogens with zero attached hydrogens (tertiary/aromatic N) is 2. The van der Waals surface area contributed by atoms with Crippen molar-refractivity contribution in [2.45, 2.75) is 25.7 Å². The quantitative estimate of drug-likeness (QED) is 0.834. The second kappa shape index (κ2) is 4.33. The highest BCUT2D eigenvalue weighted by Crippen LogP contribution is 2.18. The van der Waals surface area contributed by atoms with Crippen LogP contribution in [-0.2, 0) is 12.8 Å². The van der Waals surface area contributed by atoms with Crippen LogP contribution in [0, 0.1) is 5.82 Å². The molecule has 0 spiro atoms. The van der Waals surface area contributed by atoms with Crippen LogP contribution in [0.5, 0.6) is 0 Å². The van der Waals surface area contributed by atoms with Crippen LogP contribution in [0.3, 0.4) is 0 Å². The number of H-pyrrole nitrogens is 1. The molecule has 1 N–H and O–H groups in total. The molecule has 0 bridgehead atoms. The van der Waals surface area contributed by atoms with Crippen molar-refractivity contribution in [3.8, 4) is 11.5 Å². The largest absolute Gasteiger partial charge is 0.305 e. The Balaban J connectivity index is 2.11. The number of aromatic nitrogens is 3. The molecular weight excluding hydrogens is 233 g/mol. The van der Waals surface area contributed by atoms with E-state index in [4.69, 9.17) is 0 Å². The van der Waals surface area contributed by atoms with Gasteiger partial charge in [0.2, 0.25) is 0 Å². The van der Waals surface area contributed by atoms with Crippen molar-refractivity contribution in [2.24, 2.45) is 0 Å². The van der Waals surface area contributed by atoms with Gasteiger partial charge in [0.05, 0.1) is 11.9 Å². The van der Waals surface area contributed by atoms with Gasteiger partial charge in [0.15, 0.2) is 5.82 Å². The third kappa shape index (κ3) is 1.92. The topological polar surface area (TPSA) is 58.6 Å². The molecule has 1 aliphatic rings. The maximum Gasteiger partial charge on any atom is 0.254 e. The first kappa shape index (κ1) is 11.1. The molecule has 0 atom stereocenters. The number of nitrogens with one attached hydrogen (secondary N) is 1. The number of halogens is 1. The number of rotatable bonds is 1. The summed E-state index contributed by atoms with van der Waals surface area (Å²) in [5, 5.41) is 0. The smallest absolute Gasteiger partial charge is 0.254 e. The highest BCUT2D eigenvalue weighted by molar-refractivity contribution is 5.49. The Bertz CT molecular complexity index is 634. The van der Waals surface area contributed by atoms with Gasteiger partial charge in [0, 0.05) is 5.56 Å². The minimum absolute atomic E-state index is 0.0965. The molecule has 0 fully saturated rings. The van der Waals surface area contributed by atoms with Gasteiger partial charge in [0.1, 0.15) is 11.5 Å². The molecule has 2 heterocycles. The maximum absolute atomic E-state index is 12.8. The van der Waals surface area contributed by atoms with Crippen molar-refractivity contribution in [1.82, 2.24) is 15.0 Å². The Hall–Kier alpha value is -2.04. The van der Waals surface area contributed by atoms with Gasteiger partial charge in [-0.05, 0) is 37.8 Å². The van der Waals surface area contributed by atoms with E-state index in [1.54, 1.807) is 0 Å². The zero-order valence-electron chi connectivity index (χ0n) is 9.74. The minimum Gasteiger partial charge on any atom is -0.305 e. The fourth-order valence-electron chi connectivity index (χ4n) is 2.24. The molecule has 92 valence electrons. The number of hydrogen-bond donors (Lipinski definition) is 1. The number of aromatic amines is 1. The van der Waals surface area contributed by atoms with Crippen LogP contribution in [0.25, 0.3) is 11.5 Å². The standard InChI is InChI=1S/C13H12FN3O/c14-8-5-6-11(15-7-8)12-16-10-4-2-1-3-9(10)13(18)17-12/h5-7H,1-4H2,(H,16,17,18). The van der Waals surface area contributed by atoms with Gasteiger partial charge >= 0.3 is 0 Å². The summed E-state index contributed by atoms with van der Waals surface area (Å²) in [6, 6.07) is 2.82. The normalized spacial score (nSPS) is 14.3. The summed E-state index contributed by atoms with van der Waals surface area (Å²) >= 11 is 0. The Labute approximate surface area is 103 Å². The Morgan fingerprint density at radius 1 is 1.22 bits per heavy atom. The number of fused-ring (bicyclic) bond motifs is 1. The Morgan fingerprint density at radius 3 is 2.83 bits per heavy atom. The summed E-state index contributed by atoms with van der Waals surface area (Å²) in [4.78, 5) is 23.0. The zero-order valence-corrected chi connectivity index (χ0v) is 9.74. The molecule has 0 aliphatic heterocycles. The average molecular weight is 245 g/mol. The van der Waals surface area contributed by atoms with E-state index in [0.717, 1.165) is 43.1 Å². The van der Waals surface area contributed by atoms with Crippen LogP contribution < -0.4 is 5.56 Å². The molecule has 0 saturated heterocycles. The molecule has 2 aromatic heterocycles. The first-order valence-corrected chi connectivity index (χ1v) is 5.98. The molecule has 0 amide bonds. The first-order valence-electron chi connectivity index (χ1n) is 5.98. The molecular formula is C13H12FN3O. The van der Waals surface area contributed by atoms with E-state index in [-0.39, 0.29) is 5.56 Å². The van der Waals surface area contributed by atoms with Crippen molar-refractivity contribution >= 4 is 0 Å². The monoisotopic (exact) mass is 245 g/mol. The molecule has 1 aliphatic carbocycles. The third-order valence-corrected chi connectivity index (χ3v) is 3.16. The first-order chi connectivity index (χ1) is 8.74. The van der Waals surface area contributed by atoms with Crippen molar-refractivity contribution in [1.29, 1.82) is 0 Å². The summed E-state index contributed by atoms with van der Waals surface area (Å²) in [6.07, 6.45) is 4.82. The van der Waals surface area contributed by atoms with Gasteiger partial charge in [-0.3, -0.25) is 4.79 Å². The van der Waals surface area contributed by atoms with E-state index >= 15 is 0 Å². The molecule has 0 aromatic carbocycles. The van der Waals surface area contributed by atoms with E-state index in [0.29, 0.717) is 11.5 Å². The van der Waals surface area contributed by atoms with Gasteiger partial charge < -0.3 is 4.98 Å². The number of aryl methyl sites for hydroxylation is 1. The molecule has 5 heteroatoms. The number of pyridine rings is 1. The van der Waals surface area contributed by atoms with Crippen molar-refractivity contribution in [2.75, 3.05) is 0 Å². The lowest BCUT2D eigenvalue weighted by Crippen LogP contribution is -2.21.